The van der Waals surface area contributed by atoms with Crippen LogP contribution in [-0.4, -0.2) is 56.8 Å². The van der Waals surface area contributed by atoms with Crippen molar-refractivity contribution in [3.05, 3.63) is 53.1 Å². The van der Waals surface area contributed by atoms with Crippen molar-refractivity contribution < 1.29 is 36.4 Å². The van der Waals surface area contributed by atoms with Gasteiger partial charge in [-0.2, -0.15) is 0 Å². The Morgan fingerprint density at radius 3 is 2.56 bits per heavy atom. The fourth-order valence-electron chi connectivity index (χ4n) is 3.58. The molecular weight excluding hydrogens is 436 g/mol. The van der Waals surface area contributed by atoms with E-state index in [1.54, 1.807) is 0 Å². The van der Waals surface area contributed by atoms with Gasteiger partial charge in [-0.15, -0.1) is 0 Å². The second-order valence-electron chi connectivity index (χ2n) is 7.20. The van der Waals surface area contributed by atoms with Crippen molar-refractivity contribution in [3.8, 4) is 11.5 Å². The molecule has 3 rings (SSSR count). The van der Waals surface area contributed by atoms with Crippen LogP contribution in [0, 0.1) is 0 Å². The molecule has 2 aromatic carbocycles. The highest BCUT2D eigenvalue weighted by atomic mass is 32.2. The minimum Gasteiger partial charge on any atom is -0.493 e. The average Bonchev–Trinajstić information content (AvgIpc) is 3.00. The van der Waals surface area contributed by atoms with Crippen LogP contribution in [0.2, 0.25) is 0 Å². The molecule has 0 saturated carbocycles. The lowest BCUT2D eigenvalue weighted by Crippen LogP contribution is -2.37. The molecular formula is C22H24N2O7S. The molecule has 0 bridgehead atoms. The Hall–Kier alpha value is -3.40. The molecule has 32 heavy (non-hydrogen) atoms. The fraction of sp³-hybridized carbons (Fsp3) is 0.318. The van der Waals surface area contributed by atoms with Crippen LogP contribution in [0.15, 0.2) is 36.4 Å². The number of imide groups is 1. The van der Waals surface area contributed by atoms with Gasteiger partial charge >= 0.3 is 0 Å². The SMILES string of the molecule is [2H]C([2H])([2H])COc1cc(C(CS(C)(=O)=O)N2C(=O)c3cccc(NC(C)=O)c3C2=O)ccc1OC. The van der Waals surface area contributed by atoms with Crippen molar-refractivity contribution in [1.29, 1.82) is 0 Å². The molecule has 1 aliphatic heterocycles. The lowest BCUT2D eigenvalue weighted by Gasteiger charge is -2.27. The van der Waals surface area contributed by atoms with E-state index in [0.29, 0.717) is 0 Å². The zero-order chi connectivity index (χ0) is 26.1. The first-order valence-corrected chi connectivity index (χ1v) is 11.5. The number of amides is 3. The number of nitrogens with one attached hydrogen (secondary N) is 1. The van der Waals surface area contributed by atoms with E-state index in [9.17, 15) is 22.8 Å². The number of methoxy groups -OCH3 is 1. The quantitative estimate of drug-likeness (QED) is 0.597. The number of hydrogen-bond acceptors (Lipinski definition) is 7. The van der Waals surface area contributed by atoms with Gasteiger partial charge in [0.15, 0.2) is 11.5 Å². The Labute approximate surface area is 190 Å². The average molecular weight is 464 g/mol. The first-order valence-electron chi connectivity index (χ1n) is 11.0. The number of sulfone groups is 1. The third kappa shape index (κ3) is 4.59. The van der Waals surface area contributed by atoms with Crippen molar-refractivity contribution in [2.45, 2.75) is 19.8 Å². The number of benzene rings is 2. The normalized spacial score (nSPS) is 16.0. The van der Waals surface area contributed by atoms with Crippen LogP contribution in [0.5, 0.6) is 11.5 Å². The smallest absolute Gasteiger partial charge is 0.264 e. The van der Waals surface area contributed by atoms with Crippen LogP contribution in [0.3, 0.4) is 0 Å². The molecule has 1 unspecified atom stereocenters. The van der Waals surface area contributed by atoms with E-state index in [-0.39, 0.29) is 33.9 Å². The molecule has 0 spiro atoms. The second-order valence-corrected chi connectivity index (χ2v) is 9.38. The van der Waals surface area contributed by atoms with Crippen LogP contribution < -0.4 is 14.8 Å². The summed E-state index contributed by atoms with van der Waals surface area (Å²) >= 11 is 0. The Morgan fingerprint density at radius 1 is 1.19 bits per heavy atom. The third-order valence-electron chi connectivity index (χ3n) is 4.83. The molecule has 1 atom stereocenters. The van der Waals surface area contributed by atoms with E-state index in [0.717, 1.165) is 11.2 Å². The van der Waals surface area contributed by atoms with Gasteiger partial charge in [0.05, 0.1) is 42.3 Å². The molecule has 0 saturated heterocycles. The summed E-state index contributed by atoms with van der Waals surface area (Å²) in [4.78, 5) is 39.1. The van der Waals surface area contributed by atoms with Crippen LogP contribution >= 0.6 is 0 Å². The molecule has 3 amide bonds. The largest absolute Gasteiger partial charge is 0.493 e. The van der Waals surface area contributed by atoms with E-state index in [4.69, 9.17) is 13.6 Å². The van der Waals surface area contributed by atoms with Gasteiger partial charge in [0.2, 0.25) is 5.91 Å². The van der Waals surface area contributed by atoms with Gasteiger partial charge in [-0.25, -0.2) is 8.42 Å². The summed E-state index contributed by atoms with van der Waals surface area (Å²) in [6.07, 6.45) is 0.969. The first kappa shape index (κ1) is 19.3. The van der Waals surface area contributed by atoms with Gasteiger partial charge in [-0.05, 0) is 36.7 Å². The monoisotopic (exact) mass is 463 g/mol. The number of carbonyl (C=O) groups is 3. The Bertz CT molecular complexity index is 1290. The van der Waals surface area contributed by atoms with Crippen LogP contribution in [-0.2, 0) is 14.6 Å². The van der Waals surface area contributed by atoms with E-state index in [1.807, 2.05) is 0 Å². The Balaban J connectivity index is 2.10. The fourth-order valence-corrected chi connectivity index (χ4v) is 4.49. The molecule has 9 nitrogen and oxygen atoms in total. The summed E-state index contributed by atoms with van der Waals surface area (Å²) in [6.45, 7) is -1.80. The van der Waals surface area contributed by atoms with Crippen molar-refractivity contribution >= 4 is 33.2 Å². The van der Waals surface area contributed by atoms with Gasteiger partial charge in [0.1, 0.15) is 9.84 Å². The van der Waals surface area contributed by atoms with Gasteiger partial charge in [0, 0.05) is 17.3 Å². The van der Waals surface area contributed by atoms with Crippen LogP contribution in [0.4, 0.5) is 5.69 Å². The maximum absolute atomic E-state index is 13.4. The van der Waals surface area contributed by atoms with E-state index < -0.39 is 52.8 Å². The molecule has 0 radical (unpaired) electrons. The van der Waals surface area contributed by atoms with Crippen molar-refractivity contribution in [3.63, 3.8) is 0 Å². The Kier molecular flexibility index (Phi) is 5.42. The summed E-state index contributed by atoms with van der Waals surface area (Å²) < 4.78 is 57.3. The summed E-state index contributed by atoms with van der Waals surface area (Å²) in [7, 11) is -2.37. The highest BCUT2D eigenvalue weighted by molar-refractivity contribution is 7.90. The van der Waals surface area contributed by atoms with Gasteiger partial charge < -0.3 is 14.8 Å². The standard InChI is InChI=1S/C22H24N2O7S/c1-5-31-19-11-14(9-10-18(19)30-3)17(12-32(4,28)29)24-21(26)15-7-6-8-16(23-13(2)25)20(15)22(24)27/h6-11,17H,5,12H2,1-4H3,(H,23,25)/i1D3. The number of nitrogens with zero attached hydrogens (tertiary/aromatic N) is 1. The maximum Gasteiger partial charge on any atom is 0.264 e. The lowest BCUT2D eigenvalue weighted by atomic mass is 10.1. The molecule has 1 heterocycles. The summed E-state index contributed by atoms with van der Waals surface area (Å²) in [5.74, 6) is -2.35. The number of fused-ring (bicyclic) bond motifs is 1. The minimum atomic E-state index is -3.71. The first-order chi connectivity index (χ1) is 16.2. The van der Waals surface area contributed by atoms with E-state index in [1.165, 1.54) is 50.4 Å². The summed E-state index contributed by atoms with van der Waals surface area (Å²) in [6, 6.07) is 7.36. The van der Waals surface area contributed by atoms with E-state index >= 15 is 0 Å². The van der Waals surface area contributed by atoms with Crippen LogP contribution in [0.25, 0.3) is 0 Å². The molecule has 0 aromatic heterocycles. The van der Waals surface area contributed by atoms with Crippen molar-refractivity contribution in [2.24, 2.45) is 0 Å². The van der Waals surface area contributed by atoms with Gasteiger partial charge in [0.25, 0.3) is 11.8 Å². The predicted octanol–water partition coefficient (Wildman–Crippen LogP) is 2.43. The molecule has 10 heteroatoms. The summed E-state index contributed by atoms with van der Waals surface area (Å²) in [5, 5.41) is 2.51. The number of anilines is 1. The maximum atomic E-state index is 13.4. The number of ether oxygens (including phenoxy) is 2. The number of carbonyl (C=O) groups excluding carboxylic acids is 3. The molecule has 0 fully saturated rings. The zero-order valence-electron chi connectivity index (χ0n) is 20.7. The highest BCUT2D eigenvalue weighted by Gasteiger charge is 2.43. The number of rotatable bonds is 8. The van der Waals surface area contributed by atoms with Gasteiger partial charge in [-0.3, -0.25) is 19.3 Å². The Morgan fingerprint density at radius 2 is 1.94 bits per heavy atom. The molecule has 0 aliphatic carbocycles. The summed E-state index contributed by atoms with van der Waals surface area (Å²) in [5.41, 5.74) is 0.323. The molecule has 170 valence electrons. The third-order valence-corrected chi connectivity index (χ3v) is 5.75. The number of hydrogen-bond donors (Lipinski definition) is 1. The lowest BCUT2D eigenvalue weighted by molar-refractivity contribution is -0.114. The molecule has 2 aromatic rings. The van der Waals surface area contributed by atoms with Crippen molar-refractivity contribution in [1.82, 2.24) is 4.90 Å². The molecule has 1 N–H and O–H groups in total. The van der Waals surface area contributed by atoms with Gasteiger partial charge in [-0.1, -0.05) is 12.1 Å². The predicted molar refractivity (Wildman–Crippen MR) is 118 cm³/mol. The minimum absolute atomic E-state index is 0.00942. The molecule has 1 aliphatic rings. The van der Waals surface area contributed by atoms with E-state index in [2.05, 4.69) is 5.32 Å². The zero-order valence-corrected chi connectivity index (χ0v) is 18.5. The van der Waals surface area contributed by atoms with Crippen LogP contribution in [0.1, 0.15) is 50.2 Å². The second kappa shape index (κ2) is 8.99. The van der Waals surface area contributed by atoms with Crippen molar-refractivity contribution in [2.75, 3.05) is 31.0 Å². The highest BCUT2D eigenvalue weighted by Crippen LogP contribution is 2.38. The topological polar surface area (TPSA) is 119 Å².